The SMILES string of the molecule is CCOC(=O)O[C@@H](C(=O)O[C@H]1C[C@@]2(O)[C@@H](OC(=O)c3ccccc3)[C@@H]3[C@]4(OC(C)=O)CO[C@@H]4C[C@H](OCOP(C)(=O)O)[C@@]3(C)C(=O)[C@H](OC(C)=O)C(=C1C)C2(C)C)[C@@H](NC(=O)c1ccccc1)c1ccccc1. The Morgan fingerprint density at radius 3 is 2.01 bits per heavy atom. The second-order valence-corrected chi connectivity index (χ2v) is 21.2. The molecule has 73 heavy (non-hydrogen) atoms. The molecule has 3 aliphatic carbocycles. The van der Waals surface area contributed by atoms with Gasteiger partial charge in [0.25, 0.3) is 5.91 Å². The Hall–Kier alpha value is -6.28. The van der Waals surface area contributed by atoms with Gasteiger partial charge in [-0.2, -0.15) is 0 Å². The monoisotopic (exact) mass is 1030 g/mol. The molecule has 2 saturated carbocycles. The Balaban J connectivity index is 1.45. The maximum absolute atomic E-state index is 16.1. The van der Waals surface area contributed by atoms with Crippen molar-refractivity contribution >= 4 is 49.3 Å². The van der Waals surface area contributed by atoms with Gasteiger partial charge in [0.05, 0.1) is 36.2 Å². The van der Waals surface area contributed by atoms with Crippen LogP contribution in [0.2, 0.25) is 0 Å². The molecule has 392 valence electrons. The first-order valence-electron chi connectivity index (χ1n) is 23.6. The molecule has 4 aliphatic rings. The Labute approximate surface area is 421 Å². The van der Waals surface area contributed by atoms with Crippen LogP contribution in [0.4, 0.5) is 4.79 Å². The molecule has 1 amide bonds. The van der Waals surface area contributed by atoms with E-state index in [1.54, 1.807) is 66.7 Å². The highest BCUT2D eigenvalue weighted by Crippen LogP contribution is 2.65. The first-order valence-corrected chi connectivity index (χ1v) is 25.7. The van der Waals surface area contributed by atoms with Crippen LogP contribution in [0.1, 0.15) is 93.6 Å². The summed E-state index contributed by atoms with van der Waals surface area (Å²) in [6.45, 7) is 9.11. The number of hydrogen-bond donors (Lipinski definition) is 3. The molecule has 1 unspecified atom stereocenters. The minimum atomic E-state index is -4.19. The number of nitrogens with one attached hydrogen (secondary N) is 1. The number of hydrogen-bond acceptors (Lipinski definition) is 18. The van der Waals surface area contributed by atoms with Crippen LogP contribution in [-0.2, 0) is 66.2 Å². The van der Waals surface area contributed by atoms with Crippen molar-refractivity contribution in [3.63, 3.8) is 0 Å². The molecule has 1 heterocycles. The Morgan fingerprint density at radius 1 is 0.863 bits per heavy atom. The molecule has 7 rings (SSSR count). The molecular weight excluding hydrogens is 974 g/mol. The first kappa shape index (κ1) is 54.5. The summed E-state index contributed by atoms with van der Waals surface area (Å²) in [5.74, 6) is -7.32. The average molecular weight is 1030 g/mol. The van der Waals surface area contributed by atoms with E-state index in [-0.39, 0.29) is 35.3 Å². The van der Waals surface area contributed by atoms with Crippen molar-refractivity contribution in [2.45, 2.75) is 115 Å². The van der Waals surface area contributed by atoms with E-state index in [4.69, 9.17) is 42.4 Å². The van der Waals surface area contributed by atoms with Gasteiger partial charge < -0.3 is 53.2 Å². The zero-order valence-electron chi connectivity index (χ0n) is 41.6. The summed E-state index contributed by atoms with van der Waals surface area (Å²) in [6, 6.07) is 22.4. The molecule has 3 aromatic rings. The zero-order chi connectivity index (χ0) is 53.3. The lowest BCUT2D eigenvalue weighted by Crippen LogP contribution is -2.82. The third-order valence-corrected chi connectivity index (χ3v) is 15.1. The smallest absolute Gasteiger partial charge is 0.455 e. The summed E-state index contributed by atoms with van der Waals surface area (Å²) in [5, 5.41) is 16.9. The Morgan fingerprint density at radius 2 is 1.47 bits per heavy atom. The van der Waals surface area contributed by atoms with Crippen molar-refractivity contribution < 1.29 is 90.5 Å². The molecule has 3 N–H and O–H groups in total. The van der Waals surface area contributed by atoms with Gasteiger partial charge in [-0.05, 0) is 61.7 Å². The molecule has 20 nitrogen and oxygen atoms in total. The number of aliphatic hydroxyl groups is 1. The van der Waals surface area contributed by atoms with E-state index >= 15 is 9.59 Å². The second kappa shape index (κ2) is 21.3. The van der Waals surface area contributed by atoms with Crippen molar-refractivity contribution in [3.8, 4) is 0 Å². The van der Waals surface area contributed by atoms with Gasteiger partial charge in [0.1, 0.15) is 30.0 Å². The predicted molar refractivity (Wildman–Crippen MR) is 254 cm³/mol. The summed E-state index contributed by atoms with van der Waals surface area (Å²) < 4.78 is 65.5. The number of ether oxygens (including phenoxy) is 8. The predicted octanol–water partition coefficient (Wildman–Crippen LogP) is 5.73. The maximum atomic E-state index is 16.1. The van der Waals surface area contributed by atoms with Gasteiger partial charge in [-0.3, -0.25) is 28.3 Å². The van der Waals surface area contributed by atoms with Gasteiger partial charge in [-0.25, -0.2) is 14.4 Å². The highest BCUT2D eigenvalue weighted by atomic mass is 31.2. The third-order valence-electron chi connectivity index (χ3n) is 14.5. The van der Waals surface area contributed by atoms with Crippen LogP contribution in [0.5, 0.6) is 0 Å². The molecule has 3 aromatic carbocycles. The van der Waals surface area contributed by atoms with E-state index in [0.29, 0.717) is 5.56 Å². The van der Waals surface area contributed by atoms with Crippen LogP contribution < -0.4 is 5.32 Å². The fraction of sp³-hybridized carbons (Fsp3) is 0.481. The Bertz CT molecular complexity index is 2670. The summed E-state index contributed by atoms with van der Waals surface area (Å²) >= 11 is 0. The van der Waals surface area contributed by atoms with Crippen LogP contribution >= 0.6 is 7.60 Å². The van der Waals surface area contributed by atoms with E-state index in [1.807, 2.05) is 0 Å². The van der Waals surface area contributed by atoms with Crippen LogP contribution in [0.3, 0.4) is 0 Å². The fourth-order valence-electron chi connectivity index (χ4n) is 11.0. The van der Waals surface area contributed by atoms with Gasteiger partial charge in [-0.15, -0.1) is 0 Å². The molecule has 1 saturated heterocycles. The highest BCUT2D eigenvalue weighted by Gasteiger charge is 2.79. The van der Waals surface area contributed by atoms with Gasteiger partial charge in [0.15, 0.2) is 24.3 Å². The molecule has 0 radical (unpaired) electrons. The summed E-state index contributed by atoms with van der Waals surface area (Å²) in [4.78, 5) is 110. The minimum absolute atomic E-state index is 0.00702. The molecule has 3 fully saturated rings. The van der Waals surface area contributed by atoms with Crippen molar-refractivity contribution in [3.05, 3.63) is 119 Å². The van der Waals surface area contributed by atoms with E-state index in [0.717, 1.165) is 20.5 Å². The molecule has 21 heteroatoms. The van der Waals surface area contributed by atoms with Gasteiger partial charge in [0.2, 0.25) is 6.10 Å². The molecule has 2 bridgehead atoms. The number of Topliss-reactive ketones (excluding diaryl/α,β-unsaturated/α-hetero) is 1. The number of esters is 4. The first-order chi connectivity index (χ1) is 34.4. The molecule has 0 aromatic heterocycles. The number of ketones is 1. The average Bonchev–Trinajstić information content (AvgIpc) is 3.33. The molecular formula is C52H60NO19P. The minimum Gasteiger partial charge on any atom is -0.455 e. The lowest BCUT2D eigenvalue weighted by Gasteiger charge is -2.67. The number of benzene rings is 3. The number of carbonyl (C=O) groups excluding carboxylic acids is 7. The largest absolute Gasteiger partial charge is 0.509 e. The standard InChI is InChI=1S/C52H60NO19P/c1-9-64-48(60)70-41(39(32-19-13-10-14-20-32)53-45(57)33-21-15-11-16-22-33)47(59)69-35-26-52(61)44(71-46(58)34-23-17-12-18-24-34)42-50(7,43(56)40(68-30(3)54)38(29(35)2)49(52,5)6)36(66-28-67-73(8,62)63)25-37-51(42,27-65-37)72-31(4)55/h10-24,35-37,39-42,44,61H,9,25-28H2,1-8H3,(H,53,57)(H,62,63)/t35-,36-,37+,39-,40+,41+,42-,44-,50+,51-,52+/m0/s1. The quantitative estimate of drug-likeness (QED) is 0.0508. The van der Waals surface area contributed by atoms with Crippen LogP contribution in [-0.4, -0.2) is 126 Å². The highest BCUT2D eigenvalue weighted by molar-refractivity contribution is 7.51. The third kappa shape index (κ3) is 10.6. The lowest BCUT2D eigenvalue weighted by atomic mass is 9.44. The van der Waals surface area contributed by atoms with E-state index < -0.39 is 140 Å². The summed E-state index contributed by atoms with van der Waals surface area (Å²) in [7, 11) is -4.19. The van der Waals surface area contributed by atoms with Crippen LogP contribution in [0, 0.1) is 16.7 Å². The van der Waals surface area contributed by atoms with Crippen LogP contribution in [0.25, 0.3) is 0 Å². The number of carbonyl (C=O) groups is 7. The van der Waals surface area contributed by atoms with Gasteiger partial charge in [-0.1, -0.05) is 80.6 Å². The van der Waals surface area contributed by atoms with Gasteiger partial charge in [0, 0.05) is 44.3 Å². The lowest BCUT2D eigenvalue weighted by molar-refractivity contribution is -0.350. The second-order valence-electron chi connectivity index (χ2n) is 19.3. The normalized spacial score (nSPS) is 29.6. The number of rotatable bonds is 16. The van der Waals surface area contributed by atoms with E-state index in [1.165, 1.54) is 58.9 Å². The van der Waals surface area contributed by atoms with E-state index in [9.17, 15) is 38.5 Å². The van der Waals surface area contributed by atoms with E-state index in [2.05, 4.69) is 5.32 Å². The fourth-order valence-corrected chi connectivity index (χ4v) is 11.2. The van der Waals surface area contributed by atoms with Crippen molar-refractivity contribution in [2.24, 2.45) is 16.7 Å². The summed E-state index contributed by atoms with van der Waals surface area (Å²) in [6.07, 6.45) is -12.2. The number of fused-ring (bicyclic) bond motifs is 5. The topological polar surface area (TPSA) is 272 Å². The van der Waals surface area contributed by atoms with Crippen molar-refractivity contribution in [2.75, 3.05) is 26.7 Å². The van der Waals surface area contributed by atoms with Crippen molar-refractivity contribution in [1.29, 1.82) is 0 Å². The Kier molecular flexibility index (Phi) is 15.9. The van der Waals surface area contributed by atoms with Crippen LogP contribution in [0.15, 0.2) is 102 Å². The molecule has 0 spiro atoms. The molecule has 12 atom stereocenters. The van der Waals surface area contributed by atoms with Crippen molar-refractivity contribution in [1.82, 2.24) is 5.32 Å². The summed E-state index contributed by atoms with van der Waals surface area (Å²) in [5.41, 5.74) is -7.86. The van der Waals surface area contributed by atoms with Gasteiger partial charge >= 0.3 is 37.6 Å². The maximum Gasteiger partial charge on any atom is 0.509 e. The zero-order valence-corrected chi connectivity index (χ0v) is 42.5. The number of amides is 1. The molecule has 1 aliphatic heterocycles.